The lowest BCUT2D eigenvalue weighted by molar-refractivity contribution is -0.163. The molecule has 4 aromatic carbocycles. The number of halogens is 9. The van der Waals surface area contributed by atoms with Gasteiger partial charge < -0.3 is 37.0 Å². The number of rotatable bonds is 25. The second-order valence-electron chi connectivity index (χ2n) is 32.2. The predicted octanol–water partition coefficient (Wildman–Crippen LogP) is 13.2. The lowest BCUT2D eigenvalue weighted by Gasteiger charge is -2.46. The SMILES string of the molecule is CC(C)[C@H](CC(=O)OC(C)(C)C)C(=O)N[C@H](C(=O)N1CCC[C@@H](C(=O)OCC(Cl)(Cl)Cl)N1)[C@@H](C)O[Si](c1ccccc1)(c1ccccc1)C(C)(C)C.C[C@@H](O[Si](c1ccccc1)(c1ccccc1)C(C)(C)C)[C@H](CC(=O)OC(C)(C)C)C(=O)N1CCC[C@@H](C(=O)OCC(Cl)(Cl)Cl)N1.C[Si](C)(C)OS(=O)(=O)C(F)(F)F. The lowest BCUT2D eigenvalue weighted by Crippen LogP contribution is -2.70. The lowest BCUT2D eigenvalue weighted by atomic mass is 9.91. The molecule has 610 valence electrons. The van der Waals surface area contributed by atoms with Crippen LogP contribution in [-0.2, 0) is 75.4 Å². The van der Waals surface area contributed by atoms with Gasteiger partial charge in [0.2, 0.25) is 27.7 Å². The van der Waals surface area contributed by atoms with E-state index in [9.17, 15) is 55.2 Å². The molecule has 0 aromatic heterocycles. The summed E-state index contributed by atoms with van der Waals surface area (Å²) >= 11 is 34.6. The van der Waals surface area contributed by atoms with Crippen LogP contribution in [0.1, 0.15) is 149 Å². The molecule has 3 N–H and O–H groups in total. The van der Waals surface area contributed by atoms with Crippen LogP contribution in [0.25, 0.3) is 0 Å². The summed E-state index contributed by atoms with van der Waals surface area (Å²) in [4.78, 5) is 95.0. The van der Waals surface area contributed by atoms with Crippen LogP contribution in [0.2, 0.25) is 29.7 Å². The van der Waals surface area contributed by atoms with Crippen LogP contribution in [0.4, 0.5) is 13.2 Å². The van der Waals surface area contributed by atoms with E-state index in [1.54, 1.807) is 48.5 Å². The number of benzene rings is 4. The Bertz CT molecular complexity index is 3670. The maximum absolute atomic E-state index is 14.6. The summed E-state index contributed by atoms with van der Waals surface area (Å²) in [6, 6.07) is 37.1. The normalized spacial score (nSPS) is 17.3. The summed E-state index contributed by atoms with van der Waals surface area (Å²) < 4.78 is 92.3. The average molecular weight is 1720 g/mol. The van der Waals surface area contributed by atoms with Crippen LogP contribution in [0.5, 0.6) is 0 Å². The fourth-order valence-corrected chi connectivity index (χ4v) is 25.2. The third-order valence-electron chi connectivity index (χ3n) is 17.1. The van der Waals surface area contributed by atoms with Gasteiger partial charge in [0.05, 0.1) is 36.9 Å². The van der Waals surface area contributed by atoms with E-state index in [1.165, 1.54) is 29.7 Å². The van der Waals surface area contributed by atoms with Gasteiger partial charge in [0.1, 0.15) is 42.5 Å². The maximum Gasteiger partial charge on any atom is 0.522 e. The second kappa shape index (κ2) is 39.9. The molecule has 0 bridgehead atoms. The zero-order chi connectivity index (χ0) is 82.9. The molecule has 0 spiro atoms. The monoisotopic (exact) mass is 1720 g/mol. The Morgan fingerprint density at radius 1 is 0.514 bits per heavy atom. The van der Waals surface area contributed by atoms with Crippen LogP contribution in [0.15, 0.2) is 121 Å². The minimum atomic E-state index is -5.39. The van der Waals surface area contributed by atoms with Gasteiger partial charge >= 0.3 is 39.5 Å². The standard InChI is InChI=1S/C38H54Cl3N3O7Si.C33H45Cl3N2O6Si.C4H9F3O3SSi/c1-25(2)29(23-31(45)50-36(4,5)6)33(46)42-32(34(47)44-22-16-21-30(43-44)35(48)49-24-38(39,40)41)26(3)51-52(37(7,8)9,27-17-12-10-13-18-27)28-19-14-11-15-20-28;1-23(44-45(32(5,6)7,24-15-10-8-11-16-24)25-17-12-9-13-18-25)26(21-28(39)43-31(2,3)4)29(40)38-20-14-19-27(37-38)30(41)42-22-33(34,35)36;1-12(2,3)10-11(8,9)4(5,6)7/h10-15,17-20,25-26,29-30,32,43H,16,21-24H2,1-9H3,(H,42,46);8-13,15-18,23,26-27,37H,14,19-22H2,1-7H3;1-3H3/t26-,29+,30+,32+;23-,26+,27+;/m11./s1. The number of alkyl halides is 9. The molecule has 3 amide bonds. The Kier molecular flexibility index (Phi) is 35.3. The number of amides is 3. The molecule has 21 nitrogen and oxygen atoms in total. The first-order valence-electron chi connectivity index (χ1n) is 35.8. The molecule has 2 fully saturated rings. The number of hydrogen-bond donors (Lipinski definition) is 3. The van der Waals surface area contributed by atoms with Crippen LogP contribution in [-0.4, -0.2) is 166 Å². The van der Waals surface area contributed by atoms with Crippen LogP contribution in [0.3, 0.4) is 0 Å². The number of carbonyl (C=O) groups excluding carboxylic acids is 7. The highest BCUT2D eigenvalue weighted by molar-refractivity contribution is 7.88. The summed E-state index contributed by atoms with van der Waals surface area (Å²) in [5.74, 6) is -5.74. The number of carbonyl (C=O) groups is 7. The molecule has 2 aliphatic heterocycles. The number of hydrazine groups is 2. The molecule has 34 heteroatoms. The van der Waals surface area contributed by atoms with Crippen molar-refractivity contribution in [3.8, 4) is 0 Å². The van der Waals surface area contributed by atoms with Gasteiger partial charge in [-0.25, -0.2) is 10.9 Å². The van der Waals surface area contributed by atoms with Crippen molar-refractivity contribution in [2.24, 2.45) is 17.8 Å². The summed E-state index contributed by atoms with van der Waals surface area (Å²) in [5, 5.41) is 8.98. The minimum Gasteiger partial charge on any atom is -0.460 e. The van der Waals surface area contributed by atoms with Gasteiger partial charge in [-0.3, -0.25) is 43.6 Å². The molecule has 109 heavy (non-hydrogen) atoms. The van der Waals surface area contributed by atoms with Crippen molar-refractivity contribution in [3.63, 3.8) is 0 Å². The molecule has 0 unspecified atom stereocenters. The van der Waals surface area contributed by atoms with Gasteiger partial charge in [0.25, 0.3) is 22.5 Å². The van der Waals surface area contributed by atoms with Crippen molar-refractivity contribution in [1.29, 1.82) is 0 Å². The Labute approximate surface area is 674 Å². The molecule has 2 heterocycles. The Morgan fingerprint density at radius 2 is 0.835 bits per heavy atom. The summed E-state index contributed by atoms with van der Waals surface area (Å²) in [6.45, 7) is 34.5. The van der Waals surface area contributed by atoms with Gasteiger partial charge in [-0.2, -0.15) is 21.6 Å². The van der Waals surface area contributed by atoms with Gasteiger partial charge in [-0.15, -0.1) is 0 Å². The van der Waals surface area contributed by atoms with Crippen molar-refractivity contribution in [3.05, 3.63) is 121 Å². The van der Waals surface area contributed by atoms with E-state index < -0.39 is 155 Å². The quantitative estimate of drug-likeness (QED) is 0.0183. The number of nitrogens with zero attached hydrogens (tertiary/aromatic N) is 2. The summed E-state index contributed by atoms with van der Waals surface area (Å²) in [6.07, 6.45) is -0.197. The van der Waals surface area contributed by atoms with Gasteiger partial charge in [0, 0.05) is 13.1 Å². The highest BCUT2D eigenvalue weighted by Gasteiger charge is 2.55. The topological polar surface area (TPSA) is 261 Å². The maximum atomic E-state index is 14.6. The first kappa shape index (κ1) is 96.5. The molecule has 0 saturated carbocycles. The van der Waals surface area contributed by atoms with E-state index in [-0.39, 0.29) is 36.2 Å². The van der Waals surface area contributed by atoms with E-state index in [4.69, 9.17) is 97.4 Å². The number of esters is 4. The molecule has 6 rings (SSSR count). The van der Waals surface area contributed by atoms with Gasteiger partial charge in [-0.1, -0.05) is 246 Å². The van der Waals surface area contributed by atoms with Crippen LogP contribution >= 0.6 is 69.6 Å². The summed E-state index contributed by atoms with van der Waals surface area (Å²) in [7, 11) is -14.4. The average Bonchev–Trinajstić information content (AvgIpc) is 0.746. The zero-order valence-electron chi connectivity index (χ0n) is 65.5. The number of ether oxygens (including phenoxy) is 4. The highest BCUT2D eigenvalue weighted by atomic mass is 35.6. The number of hydrogen-bond acceptors (Lipinski definition) is 18. The largest absolute Gasteiger partial charge is 0.522 e. The summed E-state index contributed by atoms with van der Waals surface area (Å²) in [5.41, 5.74) is -0.828. The minimum absolute atomic E-state index is 0.176. The molecule has 7 atom stereocenters. The highest BCUT2D eigenvalue weighted by Crippen LogP contribution is 2.41. The van der Waals surface area contributed by atoms with E-state index in [0.717, 1.165) is 20.7 Å². The van der Waals surface area contributed by atoms with E-state index in [0.29, 0.717) is 32.2 Å². The van der Waals surface area contributed by atoms with Crippen molar-refractivity contribution in [1.82, 2.24) is 26.2 Å². The van der Waals surface area contributed by atoms with Gasteiger partial charge in [0.15, 0.2) is 0 Å². The van der Waals surface area contributed by atoms with Crippen molar-refractivity contribution >= 4 is 167 Å². The molecule has 0 aliphatic carbocycles. The van der Waals surface area contributed by atoms with Crippen molar-refractivity contribution in [2.45, 2.75) is 234 Å². The molecule has 2 saturated heterocycles. The van der Waals surface area contributed by atoms with E-state index >= 15 is 0 Å². The fourth-order valence-electron chi connectivity index (χ4n) is 12.4. The second-order valence-corrected chi connectivity index (χ2v) is 52.0. The Morgan fingerprint density at radius 3 is 1.12 bits per heavy atom. The van der Waals surface area contributed by atoms with Crippen molar-refractivity contribution in [2.75, 3.05) is 26.3 Å². The van der Waals surface area contributed by atoms with E-state index in [1.807, 2.05) is 118 Å². The van der Waals surface area contributed by atoms with E-state index in [2.05, 4.69) is 85.8 Å². The smallest absolute Gasteiger partial charge is 0.460 e. The third-order valence-corrected chi connectivity index (χ3v) is 31.5. The predicted molar refractivity (Wildman–Crippen MR) is 429 cm³/mol. The van der Waals surface area contributed by atoms with Gasteiger partial charge in [-0.05, 0) is 137 Å². The molecular formula is C75H108Cl6F3N5O16SSi3. The van der Waals surface area contributed by atoms with Crippen molar-refractivity contribution < 1.29 is 86.8 Å². The third kappa shape index (κ3) is 29.8. The molecule has 0 radical (unpaired) electrons. The van der Waals surface area contributed by atoms with Crippen LogP contribution in [0, 0.1) is 17.8 Å². The molecule has 2 aliphatic rings. The number of nitrogens with one attached hydrogen (secondary N) is 3. The zero-order valence-corrected chi connectivity index (χ0v) is 73.8. The first-order valence-corrected chi connectivity index (χ1v) is 46.7. The Hall–Kier alpha value is -4.90. The Balaban J connectivity index is 0.000000402. The fraction of sp³-hybridized carbons (Fsp3) is 0.587. The molecule has 4 aromatic rings. The van der Waals surface area contributed by atoms with Crippen LogP contribution < -0.4 is 36.9 Å². The first-order chi connectivity index (χ1) is 49.8. The molecular weight excluding hydrogens is 1610 g/mol.